The van der Waals surface area contributed by atoms with Crippen LogP contribution in [0.2, 0.25) is 0 Å². The van der Waals surface area contributed by atoms with E-state index in [-0.39, 0.29) is 11.8 Å². The number of rotatable bonds is 5. The van der Waals surface area contributed by atoms with Crippen LogP contribution in [0, 0.1) is 23.2 Å². The molecule has 2 aliphatic rings. The van der Waals surface area contributed by atoms with Gasteiger partial charge in [-0.25, -0.2) is 4.98 Å². The molecule has 1 saturated heterocycles. The molecule has 2 aliphatic heterocycles. The predicted molar refractivity (Wildman–Crippen MR) is 90.2 cm³/mol. The van der Waals surface area contributed by atoms with Crippen molar-refractivity contribution < 1.29 is 9.53 Å². The maximum absolute atomic E-state index is 12.9. The second kappa shape index (κ2) is 7.93. The lowest BCUT2D eigenvalue weighted by Crippen LogP contribution is -2.42. The quantitative estimate of drug-likeness (QED) is 0.835. The molecule has 0 saturated carbocycles. The van der Waals surface area contributed by atoms with Gasteiger partial charge in [-0.05, 0) is 30.9 Å². The van der Waals surface area contributed by atoms with Gasteiger partial charge in [-0.15, -0.1) is 0 Å². The number of aromatic nitrogens is 1. The summed E-state index contributed by atoms with van der Waals surface area (Å²) in [5.74, 6) is 0.897. The van der Waals surface area contributed by atoms with Crippen molar-refractivity contribution >= 4 is 11.7 Å². The van der Waals surface area contributed by atoms with Crippen LogP contribution in [0.15, 0.2) is 30.5 Å². The Hall–Kier alpha value is -2.39. The van der Waals surface area contributed by atoms with Gasteiger partial charge in [0.05, 0.1) is 11.5 Å². The number of nitriles is 1. The molecule has 1 fully saturated rings. The highest BCUT2D eigenvalue weighted by Gasteiger charge is 2.33. The minimum absolute atomic E-state index is 0.123. The standard InChI is InChI=1S/C18H22N4O2/c19-12-15-4-3-7-20-17(15)21-13-16(14-5-10-24-11-6-14)18(23)22-8-1-2-9-22/h1-4,7,14,16H,5-6,8-11,13H2,(H,20,21). The molecule has 3 heterocycles. The second-order valence-electron chi connectivity index (χ2n) is 6.16. The van der Waals surface area contributed by atoms with Crippen LogP contribution in [0.4, 0.5) is 5.82 Å². The number of ether oxygens (including phenoxy) is 1. The molecule has 0 aromatic carbocycles. The lowest BCUT2D eigenvalue weighted by molar-refractivity contribution is -0.136. The van der Waals surface area contributed by atoms with E-state index in [4.69, 9.17) is 4.74 Å². The van der Waals surface area contributed by atoms with E-state index in [2.05, 4.69) is 16.4 Å². The van der Waals surface area contributed by atoms with Crippen LogP contribution in [-0.4, -0.2) is 48.6 Å². The fraction of sp³-hybridized carbons (Fsp3) is 0.500. The van der Waals surface area contributed by atoms with Crippen molar-refractivity contribution in [3.63, 3.8) is 0 Å². The molecule has 1 aromatic heterocycles. The molecular formula is C18H22N4O2. The minimum atomic E-state index is -0.123. The maximum atomic E-state index is 12.9. The SMILES string of the molecule is N#Cc1cccnc1NCC(C(=O)N1CC=CC1)C1CCOCC1. The summed E-state index contributed by atoms with van der Waals surface area (Å²) in [5, 5.41) is 12.4. The number of carbonyl (C=O) groups excluding carboxylic acids is 1. The highest BCUT2D eigenvalue weighted by atomic mass is 16.5. The fourth-order valence-electron chi connectivity index (χ4n) is 3.31. The smallest absolute Gasteiger partial charge is 0.228 e. The third kappa shape index (κ3) is 3.74. The Kier molecular flexibility index (Phi) is 5.44. The lowest BCUT2D eigenvalue weighted by atomic mass is 9.84. The summed E-state index contributed by atoms with van der Waals surface area (Å²) in [7, 11) is 0. The van der Waals surface area contributed by atoms with E-state index in [1.54, 1.807) is 18.3 Å². The van der Waals surface area contributed by atoms with Crippen molar-refractivity contribution in [3.05, 3.63) is 36.0 Å². The van der Waals surface area contributed by atoms with E-state index in [0.29, 0.717) is 50.1 Å². The summed E-state index contributed by atoms with van der Waals surface area (Å²) >= 11 is 0. The molecule has 0 aliphatic carbocycles. The normalized spacial score (nSPS) is 19.0. The Morgan fingerprint density at radius 1 is 1.42 bits per heavy atom. The summed E-state index contributed by atoms with van der Waals surface area (Å²) in [4.78, 5) is 19.0. The number of anilines is 1. The van der Waals surface area contributed by atoms with Crippen LogP contribution in [0.1, 0.15) is 18.4 Å². The van der Waals surface area contributed by atoms with Crippen molar-refractivity contribution in [2.75, 3.05) is 38.2 Å². The molecule has 1 aromatic rings. The van der Waals surface area contributed by atoms with Crippen molar-refractivity contribution in [3.8, 4) is 6.07 Å². The number of nitrogens with one attached hydrogen (secondary N) is 1. The average Bonchev–Trinajstić information content (AvgIpc) is 3.17. The minimum Gasteiger partial charge on any atom is -0.381 e. The van der Waals surface area contributed by atoms with Gasteiger partial charge in [0.1, 0.15) is 11.9 Å². The number of nitrogens with zero attached hydrogens (tertiary/aromatic N) is 3. The Morgan fingerprint density at radius 3 is 2.88 bits per heavy atom. The Bertz CT molecular complexity index is 639. The first-order chi connectivity index (χ1) is 11.8. The van der Waals surface area contributed by atoms with Gasteiger partial charge in [0.15, 0.2) is 0 Å². The van der Waals surface area contributed by atoms with Crippen molar-refractivity contribution in [1.82, 2.24) is 9.88 Å². The van der Waals surface area contributed by atoms with Crippen LogP contribution in [0.5, 0.6) is 0 Å². The molecule has 1 atom stereocenters. The summed E-state index contributed by atoms with van der Waals surface area (Å²) in [6.07, 6.45) is 7.50. The zero-order valence-electron chi connectivity index (χ0n) is 13.6. The van der Waals surface area contributed by atoms with Gasteiger partial charge >= 0.3 is 0 Å². The Morgan fingerprint density at radius 2 is 2.17 bits per heavy atom. The largest absolute Gasteiger partial charge is 0.381 e. The molecule has 0 radical (unpaired) electrons. The van der Waals surface area contributed by atoms with Gasteiger partial charge in [0, 0.05) is 39.0 Å². The molecule has 0 bridgehead atoms. The third-order valence-electron chi connectivity index (χ3n) is 4.70. The number of hydrogen-bond donors (Lipinski definition) is 1. The fourth-order valence-corrected chi connectivity index (χ4v) is 3.31. The molecule has 0 spiro atoms. The number of amides is 1. The van der Waals surface area contributed by atoms with Crippen LogP contribution in [0.3, 0.4) is 0 Å². The first-order valence-electron chi connectivity index (χ1n) is 8.40. The lowest BCUT2D eigenvalue weighted by Gasteiger charge is -2.32. The Labute approximate surface area is 142 Å². The number of hydrogen-bond acceptors (Lipinski definition) is 5. The van der Waals surface area contributed by atoms with Gasteiger partial charge in [-0.2, -0.15) is 5.26 Å². The first-order valence-corrected chi connectivity index (χ1v) is 8.40. The third-order valence-corrected chi connectivity index (χ3v) is 4.70. The van der Waals surface area contributed by atoms with Gasteiger partial charge in [-0.3, -0.25) is 4.79 Å². The molecule has 24 heavy (non-hydrogen) atoms. The number of carbonyl (C=O) groups is 1. The zero-order chi connectivity index (χ0) is 16.8. The summed E-state index contributed by atoms with van der Waals surface area (Å²) < 4.78 is 5.44. The summed E-state index contributed by atoms with van der Waals surface area (Å²) in [6, 6.07) is 5.60. The topological polar surface area (TPSA) is 78.2 Å². The molecule has 6 heteroatoms. The number of pyridine rings is 1. The predicted octanol–water partition coefficient (Wildman–Crippen LogP) is 1.81. The van der Waals surface area contributed by atoms with Crippen molar-refractivity contribution in [1.29, 1.82) is 5.26 Å². The summed E-state index contributed by atoms with van der Waals surface area (Å²) in [5.41, 5.74) is 0.499. The monoisotopic (exact) mass is 326 g/mol. The highest BCUT2D eigenvalue weighted by molar-refractivity contribution is 5.80. The van der Waals surface area contributed by atoms with E-state index in [9.17, 15) is 10.1 Å². The average molecular weight is 326 g/mol. The van der Waals surface area contributed by atoms with E-state index in [1.807, 2.05) is 17.1 Å². The molecule has 1 amide bonds. The molecule has 126 valence electrons. The van der Waals surface area contributed by atoms with Crippen LogP contribution in [-0.2, 0) is 9.53 Å². The van der Waals surface area contributed by atoms with Gasteiger partial charge in [-0.1, -0.05) is 12.2 Å². The van der Waals surface area contributed by atoms with Crippen LogP contribution in [0.25, 0.3) is 0 Å². The van der Waals surface area contributed by atoms with E-state index < -0.39 is 0 Å². The van der Waals surface area contributed by atoms with Gasteiger partial charge in [0.2, 0.25) is 5.91 Å². The van der Waals surface area contributed by atoms with Crippen molar-refractivity contribution in [2.24, 2.45) is 11.8 Å². The molecule has 1 unspecified atom stereocenters. The van der Waals surface area contributed by atoms with Gasteiger partial charge < -0.3 is 15.0 Å². The summed E-state index contributed by atoms with van der Waals surface area (Å²) in [6.45, 7) is 3.28. The van der Waals surface area contributed by atoms with Gasteiger partial charge in [0.25, 0.3) is 0 Å². The molecule has 6 nitrogen and oxygen atoms in total. The van der Waals surface area contributed by atoms with E-state index in [1.165, 1.54) is 0 Å². The molecular weight excluding hydrogens is 304 g/mol. The van der Waals surface area contributed by atoms with Crippen LogP contribution < -0.4 is 5.32 Å². The second-order valence-corrected chi connectivity index (χ2v) is 6.16. The highest BCUT2D eigenvalue weighted by Crippen LogP contribution is 2.27. The molecule has 3 rings (SSSR count). The van der Waals surface area contributed by atoms with Crippen molar-refractivity contribution in [2.45, 2.75) is 12.8 Å². The zero-order valence-corrected chi connectivity index (χ0v) is 13.6. The van der Waals surface area contributed by atoms with E-state index >= 15 is 0 Å². The maximum Gasteiger partial charge on any atom is 0.228 e. The van der Waals surface area contributed by atoms with Crippen LogP contribution >= 0.6 is 0 Å². The molecule has 1 N–H and O–H groups in total. The Balaban J connectivity index is 1.71. The first kappa shape index (κ1) is 16.5. The van der Waals surface area contributed by atoms with E-state index in [0.717, 1.165) is 12.8 Å².